The Balaban J connectivity index is 1.94. The van der Waals surface area contributed by atoms with E-state index >= 15 is 0 Å². The highest BCUT2D eigenvalue weighted by Crippen LogP contribution is 2.37. The van der Waals surface area contributed by atoms with Crippen molar-refractivity contribution in [3.63, 3.8) is 0 Å². The molecule has 20 heavy (non-hydrogen) atoms. The topological polar surface area (TPSA) is 62.2 Å². The Morgan fingerprint density at radius 1 is 1.20 bits per heavy atom. The zero-order valence-electron chi connectivity index (χ0n) is 11.0. The van der Waals surface area contributed by atoms with Gasteiger partial charge >= 0.3 is 6.09 Å². The Labute approximate surface area is 117 Å². The number of aromatic nitrogens is 1. The summed E-state index contributed by atoms with van der Waals surface area (Å²) in [5, 5.41) is 11.6. The van der Waals surface area contributed by atoms with Gasteiger partial charge in [-0.3, -0.25) is 4.98 Å². The summed E-state index contributed by atoms with van der Waals surface area (Å²) in [6.45, 7) is 0. The Kier molecular flexibility index (Phi) is 3.37. The van der Waals surface area contributed by atoms with Crippen LogP contribution in [-0.2, 0) is 6.42 Å². The molecular weight excluding hydrogens is 252 g/mol. The first kappa shape index (κ1) is 12.7. The van der Waals surface area contributed by atoms with Gasteiger partial charge in [0.05, 0.1) is 11.7 Å². The molecule has 1 amide bonds. The van der Waals surface area contributed by atoms with E-state index in [-0.39, 0.29) is 6.04 Å². The summed E-state index contributed by atoms with van der Waals surface area (Å²) in [6, 6.07) is 13.9. The number of fused-ring (bicyclic) bond motifs is 1. The predicted molar refractivity (Wildman–Crippen MR) is 75.6 cm³/mol. The lowest BCUT2D eigenvalue weighted by Crippen LogP contribution is -2.32. The highest BCUT2D eigenvalue weighted by Gasteiger charge is 2.29. The zero-order chi connectivity index (χ0) is 13.9. The lowest BCUT2D eigenvalue weighted by atomic mass is 9.79. The van der Waals surface area contributed by atoms with E-state index in [2.05, 4.69) is 22.4 Å². The Morgan fingerprint density at radius 3 is 2.75 bits per heavy atom. The number of rotatable bonds is 2. The van der Waals surface area contributed by atoms with Gasteiger partial charge in [0.15, 0.2) is 0 Å². The molecule has 1 aromatic carbocycles. The monoisotopic (exact) mass is 268 g/mol. The van der Waals surface area contributed by atoms with Crippen molar-refractivity contribution in [1.82, 2.24) is 10.3 Å². The number of hydrogen-bond donors (Lipinski definition) is 2. The molecule has 4 heteroatoms. The molecule has 1 aromatic heterocycles. The van der Waals surface area contributed by atoms with Gasteiger partial charge in [-0.2, -0.15) is 0 Å². The maximum atomic E-state index is 11.0. The second kappa shape index (κ2) is 5.33. The number of carbonyl (C=O) groups is 1. The van der Waals surface area contributed by atoms with Gasteiger partial charge in [-0.15, -0.1) is 0 Å². The number of amides is 1. The number of nitrogens with one attached hydrogen (secondary N) is 1. The van der Waals surface area contributed by atoms with E-state index in [4.69, 9.17) is 5.11 Å². The van der Waals surface area contributed by atoms with Crippen LogP contribution in [0.3, 0.4) is 0 Å². The van der Waals surface area contributed by atoms with Crippen molar-refractivity contribution in [3.8, 4) is 0 Å². The van der Waals surface area contributed by atoms with Crippen LogP contribution in [0.4, 0.5) is 4.79 Å². The number of hydrogen-bond acceptors (Lipinski definition) is 2. The lowest BCUT2D eigenvalue weighted by molar-refractivity contribution is 0.187. The van der Waals surface area contributed by atoms with Crippen molar-refractivity contribution in [2.24, 2.45) is 0 Å². The van der Waals surface area contributed by atoms with Crippen LogP contribution < -0.4 is 5.32 Å². The van der Waals surface area contributed by atoms with Gasteiger partial charge in [0.25, 0.3) is 0 Å². The van der Waals surface area contributed by atoms with Gasteiger partial charge in [0.2, 0.25) is 0 Å². The van der Waals surface area contributed by atoms with Crippen LogP contribution in [0.1, 0.15) is 35.2 Å². The summed E-state index contributed by atoms with van der Waals surface area (Å²) in [4.78, 5) is 15.3. The molecule has 0 saturated carbocycles. The van der Waals surface area contributed by atoms with E-state index < -0.39 is 6.09 Å². The number of benzene rings is 1. The first-order valence-electron chi connectivity index (χ1n) is 6.72. The first-order chi connectivity index (χ1) is 9.74. The molecule has 2 atom stereocenters. The average molecular weight is 268 g/mol. The van der Waals surface area contributed by atoms with Gasteiger partial charge in [-0.1, -0.05) is 36.4 Å². The second-order valence-corrected chi connectivity index (χ2v) is 5.10. The highest BCUT2D eigenvalue weighted by molar-refractivity contribution is 5.65. The fourth-order valence-electron chi connectivity index (χ4n) is 2.94. The van der Waals surface area contributed by atoms with Crippen LogP contribution >= 0.6 is 0 Å². The molecule has 1 heterocycles. The number of pyridine rings is 1. The van der Waals surface area contributed by atoms with Crippen LogP contribution in [-0.4, -0.2) is 16.2 Å². The zero-order valence-corrected chi connectivity index (χ0v) is 11.0. The molecule has 3 rings (SSSR count). The van der Waals surface area contributed by atoms with Gasteiger partial charge in [-0.25, -0.2) is 4.79 Å². The molecule has 102 valence electrons. The normalized spacial score (nSPS) is 21.0. The van der Waals surface area contributed by atoms with Crippen molar-refractivity contribution in [2.45, 2.75) is 24.8 Å². The maximum Gasteiger partial charge on any atom is 0.405 e. The molecule has 2 aromatic rings. The summed E-state index contributed by atoms with van der Waals surface area (Å²) >= 11 is 0. The minimum Gasteiger partial charge on any atom is -0.465 e. The Hall–Kier alpha value is -2.36. The SMILES string of the molecule is O=C(O)NC1CC(c2ccccc2)Cc2cccnc21. The molecular formula is C16H16N2O2. The van der Waals surface area contributed by atoms with Crippen molar-refractivity contribution in [2.75, 3.05) is 0 Å². The summed E-state index contributed by atoms with van der Waals surface area (Å²) < 4.78 is 0. The van der Waals surface area contributed by atoms with Crippen molar-refractivity contribution >= 4 is 6.09 Å². The van der Waals surface area contributed by atoms with Gasteiger partial charge in [0, 0.05) is 6.20 Å². The van der Waals surface area contributed by atoms with E-state index in [0.717, 1.165) is 24.1 Å². The number of nitrogens with zero attached hydrogens (tertiary/aromatic N) is 1. The minimum atomic E-state index is -1.000. The van der Waals surface area contributed by atoms with Crippen molar-refractivity contribution in [3.05, 3.63) is 65.5 Å². The van der Waals surface area contributed by atoms with Crippen LogP contribution in [0.5, 0.6) is 0 Å². The van der Waals surface area contributed by atoms with E-state index in [1.54, 1.807) is 6.20 Å². The van der Waals surface area contributed by atoms with Crippen molar-refractivity contribution < 1.29 is 9.90 Å². The molecule has 0 spiro atoms. The average Bonchev–Trinajstić information content (AvgIpc) is 2.47. The predicted octanol–water partition coefficient (Wildman–Crippen LogP) is 3.12. The molecule has 4 nitrogen and oxygen atoms in total. The Morgan fingerprint density at radius 2 is 2.00 bits per heavy atom. The highest BCUT2D eigenvalue weighted by atomic mass is 16.4. The third-order valence-electron chi connectivity index (χ3n) is 3.81. The second-order valence-electron chi connectivity index (χ2n) is 5.10. The first-order valence-corrected chi connectivity index (χ1v) is 6.72. The third-order valence-corrected chi connectivity index (χ3v) is 3.81. The van der Waals surface area contributed by atoms with E-state index in [1.165, 1.54) is 5.56 Å². The fraction of sp³-hybridized carbons (Fsp3) is 0.250. The Bertz CT molecular complexity index is 613. The smallest absolute Gasteiger partial charge is 0.405 e. The molecule has 0 bridgehead atoms. The molecule has 0 aliphatic heterocycles. The summed E-state index contributed by atoms with van der Waals surface area (Å²) in [7, 11) is 0. The fourth-order valence-corrected chi connectivity index (χ4v) is 2.94. The maximum absolute atomic E-state index is 11.0. The molecule has 2 N–H and O–H groups in total. The van der Waals surface area contributed by atoms with Crippen LogP contribution in [0, 0.1) is 0 Å². The molecule has 1 aliphatic rings. The molecule has 1 aliphatic carbocycles. The molecule has 2 unspecified atom stereocenters. The van der Waals surface area contributed by atoms with E-state index in [0.29, 0.717) is 5.92 Å². The van der Waals surface area contributed by atoms with E-state index in [9.17, 15) is 4.79 Å². The van der Waals surface area contributed by atoms with Gasteiger partial charge in [0.1, 0.15) is 0 Å². The molecule has 0 saturated heterocycles. The van der Waals surface area contributed by atoms with Crippen LogP contribution in [0.2, 0.25) is 0 Å². The van der Waals surface area contributed by atoms with E-state index in [1.807, 2.05) is 30.3 Å². The van der Waals surface area contributed by atoms with Crippen LogP contribution in [0.15, 0.2) is 48.7 Å². The summed E-state index contributed by atoms with van der Waals surface area (Å²) in [6.07, 6.45) is 2.38. The van der Waals surface area contributed by atoms with Crippen molar-refractivity contribution in [1.29, 1.82) is 0 Å². The summed E-state index contributed by atoms with van der Waals surface area (Å²) in [5.41, 5.74) is 3.24. The number of carboxylic acid groups (broad SMARTS) is 1. The minimum absolute atomic E-state index is 0.234. The van der Waals surface area contributed by atoms with Gasteiger partial charge in [-0.05, 0) is 36.0 Å². The van der Waals surface area contributed by atoms with Crippen LogP contribution in [0.25, 0.3) is 0 Å². The standard InChI is InChI=1S/C16H16N2O2/c19-16(20)18-14-10-13(11-5-2-1-3-6-11)9-12-7-4-8-17-15(12)14/h1-8,13-14,18H,9-10H2,(H,19,20). The quantitative estimate of drug-likeness (QED) is 0.879. The van der Waals surface area contributed by atoms with Gasteiger partial charge < -0.3 is 10.4 Å². The summed E-state index contributed by atoms with van der Waals surface area (Å²) in [5.74, 6) is 0.324. The largest absolute Gasteiger partial charge is 0.465 e. The lowest BCUT2D eigenvalue weighted by Gasteiger charge is -2.30. The third kappa shape index (κ3) is 2.50. The molecule has 0 fully saturated rings. The molecule has 0 radical (unpaired) electrons.